The monoisotopic (exact) mass is 248 g/mol. The summed E-state index contributed by atoms with van der Waals surface area (Å²) in [7, 11) is 0. The summed E-state index contributed by atoms with van der Waals surface area (Å²) < 4.78 is 10.7. The first-order valence-electron chi connectivity index (χ1n) is 7.14. The summed E-state index contributed by atoms with van der Waals surface area (Å²) in [6.07, 6.45) is 8.42. The Balaban J connectivity index is 1.56. The molecule has 1 saturated carbocycles. The number of fused-ring (bicyclic) bond motifs is 1. The molecule has 0 unspecified atom stereocenters. The second kappa shape index (κ2) is 5.61. The number of rotatable bonds is 3. The van der Waals surface area contributed by atoms with E-state index in [-0.39, 0.29) is 0 Å². The van der Waals surface area contributed by atoms with Crippen molar-refractivity contribution in [1.29, 1.82) is 0 Å². The van der Waals surface area contributed by atoms with Crippen molar-refractivity contribution in [3.8, 4) is 11.5 Å². The molecule has 0 bridgehead atoms. The predicted molar refractivity (Wildman–Crippen MR) is 69.7 cm³/mol. The molecule has 0 amide bonds. The largest absolute Gasteiger partial charge is 0.454 e. The normalized spacial score (nSPS) is 19.8. The molecule has 2 N–H and O–H groups in total. The van der Waals surface area contributed by atoms with Gasteiger partial charge in [0.1, 0.15) is 6.54 Å². The lowest BCUT2D eigenvalue weighted by Crippen LogP contribution is -2.88. The van der Waals surface area contributed by atoms with Crippen molar-refractivity contribution < 1.29 is 14.8 Å². The fourth-order valence-corrected chi connectivity index (χ4v) is 2.92. The number of hydrogen-bond acceptors (Lipinski definition) is 2. The van der Waals surface area contributed by atoms with Crippen LogP contribution in [0.25, 0.3) is 0 Å². The number of ether oxygens (including phenoxy) is 2. The molecule has 0 radical (unpaired) electrons. The maximum absolute atomic E-state index is 5.41. The van der Waals surface area contributed by atoms with Gasteiger partial charge in [-0.25, -0.2) is 0 Å². The van der Waals surface area contributed by atoms with Gasteiger partial charge < -0.3 is 14.8 Å². The van der Waals surface area contributed by atoms with Crippen LogP contribution in [0.1, 0.15) is 44.1 Å². The van der Waals surface area contributed by atoms with E-state index < -0.39 is 0 Å². The van der Waals surface area contributed by atoms with Gasteiger partial charge in [-0.15, -0.1) is 0 Å². The molecule has 1 aromatic rings. The molecule has 1 fully saturated rings. The molecule has 3 nitrogen and oxygen atoms in total. The second-order valence-electron chi connectivity index (χ2n) is 5.38. The van der Waals surface area contributed by atoms with Gasteiger partial charge in [-0.1, -0.05) is 12.8 Å². The highest BCUT2D eigenvalue weighted by atomic mass is 16.7. The number of nitrogens with two attached hydrogens (primary N) is 1. The highest BCUT2D eigenvalue weighted by Crippen LogP contribution is 2.32. The lowest BCUT2D eigenvalue weighted by molar-refractivity contribution is -0.705. The third-order valence-electron chi connectivity index (χ3n) is 4.02. The minimum absolute atomic E-state index is 0.366. The highest BCUT2D eigenvalue weighted by Gasteiger charge is 2.16. The van der Waals surface area contributed by atoms with E-state index >= 15 is 0 Å². The zero-order chi connectivity index (χ0) is 12.2. The standard InChI is InChI=1S/C15H21NO2/c1-2-4-6-13(5-3-1)16-10-12-7-8-14-15(9-12)18-11-17-14/h7-9,13,16H,1-6,10-11H2/p+1. The fourth-order valence-electron chi connectivity index (χ4n) is 2.92. The summed E-state index contributed by atoms with van der Waals surface area (Å²) in [5.74, 6) is 1.79. The van der Waals surface area contributed by atoms with Gasteiger partial charge in [-0.3, -0.25) is 0 Å². The van der Waals surface area contributed by atoms with E-state index in [1.807, 2.05) is 6.07 Å². The molecule has 0 atom stereocenters. The van der Waals surface area contributed by atoms with Gasteiger partial charge >= 0.3 is 0 Å². The minimum Gasteiger partial charge on any atom is -0.454 e. The summed E-state index contributed by atoms with van der Waals surface area (Å²) in [5.41, 5.74) is 1.34. The third-order valence-corrected chi connectivity index (χ3v) is 4.02. The maximum atomic E-state index is 5.41. The van der Waals surface area contributed by atoms with E-state index in [1.165, 1.54) is 44.1 Å². The third kappa shape index (κ3) is 2.78. The molecule has 3 rings (SSSR count). The van der Waals surface area contributed by atoms with Crippen molar-refractivity contribution in [2.24, 2.45) is 0 Å². The van der Waals surface area contributed by atoms with E-state index in [9.17, 15) is 0 Å². The second-order valence-corrected chi connectivity index (χ2v) is 5.38. The topological polar surface area (TPSA) is 35.1 Å². The fraction of sp³-hybridized carbons (Fsp3) is 0.600. The molecule has 1 heterocycles. The van der Waals surface area contributed by atoms with Gasteiger partial charge in [0.15, 0.2) is 11.5 Å². The van der Waals surface area contributed by atoms with Gasteiger partial charge in [0.2, 0.25) is 6.79 Å². The average Bonchev–Trinajstić information content (AvgIpc) is 2.70. The summed E-state index contributed by atoms with van der Waals surface area (Å²) in [5, 5.41) is 2.50. The van der Waals surface area contributed by atoms with Crippen LogP contribution in [0.2, 0.25) is 0 Å². The van der Waals surface area contributed by atoms with Gasteiger partial charge in [-0.05, 0) is 43.9 Å². The van der Waals surface area contributed by atoms with Crippen LogP contribution in [0, 0.1) is 0 Å². The maximum Gasteiger partial charge on any atom is 0.231 e. The Morgan fingerprint density at radius 2 is 1.78 bits per heavy atom. The molecule has 2 aliphatic rings. The van der Waals surface area contributed by atoms with Crippen LogP contribution >= 0.6 is 0 Å². The molecule has 98 valence electrons. The Morgan fingerprint density at radius 3 is 2.61 bits per heavy atom. The lowest BCUT2D eigenvalue weighted by Gasteiger charge is -2.12. The van der Waals surface area contributed by atoms with Gasteiger partial charge in [0.25, 0.3) is 0 Å². The lowest BCUT2D eigenvalue weighted by atomic mass is 10.1. The van der Waals surface area contributed by atoms with Crippen LogP contribution in [0.3, 0.4) is 0 Å². The first-order valence-corrected chi connectivity index (χ1v) is 7.14. The predicted octanol–water partition coefficient (Wildman–Crippen LogP) is 2.20. The molecule has 1 aliphatic carbocycles. The zero-order valence-corrected chi connectivity index (χ0v) is 10.9. The van der Waals surface area contributed by atoms with Crippen molar-refractivity contribution in [3.63, 3.8) is 0 Å². The Morgan fingerprint density at radius 1 is 1.00 bits per heavy atom. The van der Waals surface area contributed by atoms with Gasteiger partial charge in [0, 0.05) is 5.56 Å². The number of hydrogen-bond donors (Lipinski definition) is 1. The molecular weight excluding hydrogens is 226 g/mol. The Hall–Kier alpha value is -1.22. The van der Waals surface area contributed by atoms with Crippen molar-refractivity contribution in [2.45, 2.75) is 51.1 Å². The van der Waals surface area contributed by atoms with E-state index in [0.717, 1.165) is 24.1 Å². The summed E-state index contributed by atoms with van der Waals surface area (Å²) in [6, 6.07) is 7.12. The van der Waals surface area contributed by atoms with Crippen molar-refractivity contribution >= 4 is 0 Å². The van der Waals surface area contributed by atoms with Crippen molar-refractivity contribution in [1.82, 2.24) is 0 Å². The van der Waals surface area contributed by atoms with E-state index in [1.54, 1.807) is 0 Å². The Kier molecular flexibility index (Phi) is 3.69. The van der Waals surface area contributed by atoms with E-state index in [0.29, 0.717) is 6.79 Å². The Bertz CT molecular complexity index is 397. The first-order chi connectivity index (χ1) is 8.92. The number of quaternary nitrogens is 1. The molecule has 3 heteroatoms. The summed E-state index contributed by atoms with van der Waals surface area (Å²) in [4.78, 5) is 0. The van der Waals surface area contributed by atoms with E-state index in [4.69, 9.17) is 9.47 Å². The molecule has 1 aliphatic heterocycles. The molecule has 0 aromatic heterocycles. The average molecular weight is 248 g/mol. The van der Waals surface area contributed by atoms with Crippen LogP contribution in [-0.2, 0) is 6.54 Å². The molecule has 0 spiro atoms. The van der Waals surface area contributed by atoms with Crippen LogP contribution < -0.4 is 14.8 Å². The van der Waals surface area contributed by atoms with Crippen molar-refractivity contribution in [3.05, 3.63) is 23.8 Å². The minimum atomic E-state index is 0.366. The molecular formula is C15H22NO2+. The highest BCUT2D eigenvalue weighted by molar-refractivity contribution is 5.44. The summed E-state index contributed by atoms with van der Waals surface area (Å²) in [6.45, 7) is 1.42. The van der Waals surface area contributed by atoms with Crippen LogP contribution in [-0.4, -0.2) is 12.8 Å². The molecule has 0 saturated heterocycles. The van der Waals surface area contributed by atoms with Crippen LogP contribution in [0.4, 0.5) is 0 Å². The SMILES string of the molecule is c1cc2c(cc1C[NH2+]C1CCCCCC1)OCO2. The zero-order valence-electron chi connectivity index (χ0n) is 10.9. The van der Waals surface area contributed by atoms with E-state index in [2.05, 4.69) is 17.4 Å². The van der Waals surface area contributed by atoms with Crippen LogP contribution in [0.15, 0.2) is 18.2 Å². The first kappa shape index (κ1) is 11.8. The molecule has 18 heavy (non-hydrogen) atoms. The smallest absolute Gasteiger partial charge is 0.231 e. The van der Waals surface area contributed by atoms with Crippen molar-refractivity contribution in [2.75, 3.05) is 6.79 Å². The number of benzene rings is 1. The van der Waals surface area contributed by atoms with Crippen LogP contribution in [0.5, 0.6) is 11.5 Å². The Labute approximate surface area is 108 Å². The van der Waals surface area contributed by atoms with Gasteiger partial charge in [-0.2, -0.15) is 0 Å². The quantitative estimate of drug-likeness (QED) is 0.832. The van der Waals surface area contributed by atoms with Gasteiger partial charge in [0.05, 0.1) is 6.04 Å². The summed E-state index contributed by atoms with van der Waals surface area (Å²) >= 11 is 0. The molecule has 1 aromatic carbocycles.